The lowest BCUT2D eigenvalue weighted by molar-refractivity contribution is -0.115. The van der Waals surface area contributed by atoms with Crippen LogP contribution in [-0.4, -0.2) is 29.0 Å². The van der Waals surface area contributed by atoms with E-state index in [1.165, 1.54) is 0 Å². The molecule has 156 valence electrons. The van der Waals surface area contributed by atoms with E-state index in [9.17, 15) is 4.79 Å². The largest absolute Gasteiger partial charge is 0.357 e. The Bertz CT molecular complexity index is 1000. The van der Waals surface area contributed by atoms with Crippen molar-refractivity contribution in [3.05, 3.63) is 70.9 Å². The Kier molecular flexibility index (Phi) is 7.25. The van der Waals surface area contributed by atoms with Crippen molar-refractivity contribution in [2.45, 2.75) is 27.2 Å². The lowest BCUT2D eigenvalue weighted by Gasteiger charge is -2.20. The van der Waals surface area contributed by atoms with Crippen LogP contribution in [0.2, 0.25) is 5.02 Å². The van der Waals surface area contributed by atoms with Crippen molar-refractivity contribution in [1.82, 2.24) is 9.97 Å². The number of hydrogen-bond donors (Lipinski definition) is 2. The summed E-state index contributed by atoms with van der Waals surface area (Å²) in [5, 5.41) is 6.72. The number of benzene rings is 2. The van der Waals surface area contributed by atoms with Gasteiger partial charge < -0.3 is 15.5 Å². The van der Waals surface area contributed by atoms with Crippen molar-refractivity contribution in [2.75, 3.05) is 28.6 Å². The molecular weight excluding hydrogens is 398 g/mol. The highest BCUT2D eigenvalue weighted by Gasteiger charge is 2.09. The van der Waals surface area contributed by atoms with Gasteiger partial charge in [0, 0.05) is 41.2 Å². The minimum atomic E-state index is -0.116. The van der Waals surface area contributed by atoms with Gasteiger partial charge in [-0.05, 0) is 56.7 Å². The zero-order chi connectivity index (χ0) is 21.5. The number of amides is 1. The molecule has 0 saturated carbocycles. The van der Waals surface area contributed by atoms with E-state index in [4.69, 9.17) is 11.6 Å². The Hall–Kier alpha value is -3.12. The van der Waals surface area contributed by atoms with Gasteiger partial charge in [-0.3, -0.25) is 4.79 Å². The summed E-state index contributed by atoms with van der Waals surface area (Å²) in [5.41, 5.74) is 3.26. The molecule has 0 unspecified atom stereocenters. The molecule has 0 spiro atoms. The minimum absolute atomic E-state index is 0.116. The van der Waals surface area contributed by atoms with Crippen LogP contribution in [0, 0.1) is 6.92 Å². The van der Waals surface area contributed by atoms with E-state index in [0.717, 1.165) is 35.9 Å². The third-order valence-electron chi connectivity index (χ3n) is 4.66. The number of rotatable bonds is 8. The van der Waals surface area contributed by atoms with Crippen LogP contribution >= 0.6 is 11.6 Å². The number of nitrogens with zero attached hydrogens (tertiary/aromatic N) is 3. The molecule has 2 N–H and O–H groups in total. The monoisotopic (exact) mass is 423 g/mol. The van der Waals surface area contributed by atoms with Gasteiger partial charge in [0.15, 0.2) is 0 Å². The highest BCUT2D eigenvalue weighted by atomic mass is 35.5. The molecule has 7 heteroatoms. The Morgan fingerprint density at radius 2 is 1.67 bits per heavy atom. The normalized spacial score (nSPS) is 10.5. The molecule has 0 saturated heterocycles. The van der Waals surface area contributed by atoms with Crippen molar-refractivity contribution in [1.29, 1.82) is 0 Å². The number of hydrogen-bond acceptors (Lipinski definition) is 5. The summed E-state index contributed by atoms with van der Waals surface area (Å²) in [4.78, 5) is 23.6. The van der Waals surface area contributed by atoms with Gasteiger partial charge in [-0.1, -0.05) is 29.8 Å². The lowest BCUT2D eigenvalue weighted by atomic mass is 10.1. The molecule has 1 heterocycles. The molecule has 30 heavy (non-hydrogen) atoms. The number of nitrogens with one attached hydrogen (secondary N) is 2. The Labute approximate surface area is 182 Å². The second-order valence-electron chi connectivity index (χ2n) is 6.88. The maximum atomic E-state index is 12.3. The van der Waals surface area contributed by atoms with Crippen LogP contribution in [0.1, 0.15) is 25.1 Å². The van der Waals surface area contributed by atoms with Gasteiger partial charge in [0.1, 0.15) is 5.82 Å². The van der Waals surface area contributed by atoms with Crippen molar-refractivity contribution in [3.8, 4) is 0 Å². The quantitative estimate of drug-likeness (QED) is 0.520. The molecule has 6 nitrogen and oxygen atoms in total. The average Bonchev–Trinajstić information content (AvgIpc) is 2.72. The smallest absolute Gasteiger partial charge is 0.229 e. The van der Waals surface area contributed by atoms with Crippen molar-refractivity contribution in [3.63, 3.8) is 0 Å². The number of halogens is 1. The van der Waals surface area contributed by atoms with Crippen LogP contribution in [-0.2, 0) is 11.2 Å². The maximum absolute atomic E-state index is 12.3. The van der Waals surface area contributed by atoms with E-state index in [-0.39, 0.29) is 12.3 Å². The van der Waals surface area contributed by atoms with Crippen LogP contribution in [0.5, 0.6) is 0 Å². The average molecular weight is 424 g/mol. The summed E-state index contributed by atoms with van der Waals surface area (Å²) in [5.74, 6) is 1.33. The van der Waals surface area contributed by atoms with Gasteiger partial charge >= 0.3 is 0 Å². The molecule has 0 atom stereocenters. The molecule has 2 aromatic carbocycles. The predicted molar refractivity (Wildman–Crippen MR) is 124 cm³/mol. The molecule has 0 aliphatic rings. The highest BCUT2D eigenvalue weighted by molar-refractivity contribution is 6.31. The molecule has 0 aliphatic heterocycles. The van der Waals surface area contributed by atoms with E-state index in [0.29, 0.717) is 16.7 Å². The van der Waals surface area contributed by atoms with Crippen LogP contribution in [0.15, 0.2) is 54.6 Å². The topological polar surface area (TPSA) is 70.2 Å². The zero-order valence-corrected chi connectivity index (χ0v) is 18.2. The molecule has 3 rings (SSSR count). The number of aryl methyl sites for hydroxylation is 1. The second kappa shape index (κ2) is 10.1. The number of carbonyl (C=O) groups excluding carboxylic acids is 1. The summed E-state index contributed by atoms with van der Waals surface area (Å²) in [6.07, 6.45) is 0.227. The van der Waals surface area contributed by atoms with Crippen molar-refractivity contribution >= 4 is 40.6 Å². The summed E-state index contributed by atoms with van der Waals surface area (Å²) in [6.45, 7) is 7.93. The van der Waals surface area contributed by atoms with Gasteiger partial charge in [0.2, 0.25) is 11.9 Å². The summed E-state index contributed by atoms with van der Waals surface area (Å²) in [7, 11) is 0. The molecular formula is C23H26ClN5O. The summed E-state index contributed by atoms with van der Waals surface area (Å²) in [6, 6.07) is 16.8. The highest BCUT2D eigenvalue weighted by Crippen LogP contribution is 2.21. The van der Waals surface area contributed by atoms with Gasteiger partial charge in [-0.25, -0.2) is 4.98 Å². The Balaban J connectivity index is 1.65. The van der Waals surface area contributed by atoms with E-state index < -0.39 is 0 Å². The van der Waals surface area contributed by atoms with Gasteiger partial charge in [-0.15, -0.1) is 0 Å². The first-order chi connectivity index (χ1) is 14.5. The Morgan fingerprint density at radius 3 is 2.33 bits per heavy atom. The van der Waals surface area contributed by atoms with E-state index in [1.54, 1.807) is 6.07 Å². The molecule has 3 aromatic rings. The summed E-state index contributed by atoms with van der Waals surface area (Å²) < 4.78 is 0. The lowest BCUT2D eigenvalue weighted by Crippen LogP contribution is -2.23. The molecule has 1 aromatic heterocycles. The van der Waals surface area contributed by atoms with Crippen molar-refractivity contribution < 1.29 is 4.79 Å². The first-order valence-corrected chi connectivity index (χ1v) is 10.4. The van der Waals surface area contributed by atoms with E-state index in [1.807, 2.05) is 55.5 Å². The number of anilines is 4. The van der Waals surface area contributed by atoms with Crippen LogP contribution in [0.25, 0.3) is 0 Å². The molecule has 0 bridgehead atoms. The van der Waals surface area contributed by atoms with Gasteiger partial charge in [0.25, 0.3) is 0 Å². The van der Waals surface area contributed by atoms with Crippen LogP contribution < -0.4 is 15.5 Å². The van der Waals surface area contributed by atoms with Crippen LogP contribution in [0.3, 0.4) is 0 Å². The first kappa shape index (κ1) is 21.6. The minimum Gasteiger partial charge on any atom is -0.357 e. The van der Waals surface area contributed by atoms with E-state index in [2.05, 4.69) is 39.3 Å². The fourth-order valence-corrected chi connectivity index (χ4v) is 3.31. The third-order valence-corrected chi connectivity index (χ3v) is 5.03. The van der Waals surface area contributed by atoms with Crippen LogP contribution in [0.4, 0.5) is 23.1 Å². The van der Waals surface area contributed by atoms with Gasteiger partial charge in [0.05, 0.1) is 6.42 Å². The second-order valence-corrected chi connectivity index (χ2v) is 7.29. The maximum Gasteiger partial charge on any atom is 0.229 e. The molecule has 0 fully saturated rings. The predicted octanol–water partition coefficient (Wildman–Crippen LogP) is 5.21. The fraction of sp³-hybridized carbons (Fsp3) is 0.261. The number of aromatic nitrogens is 2. The standard InChI is InChI=1S/C23H26ClN5O/c1-4-29(5-2)21-14-16(3)25-23(28-21)27-19-12-10-18(11-13-19)26-22(30)15-17-8-6-7-9-20(17)24/h6-14H,4-5,15H2,1-3H3,(H,26,30)(H,25,27,28). The summed E-state index contributed by atoms with van der Waals surface area (Å²) >= 11 is 6.13. The third kappa shape index (κ3) is 5.70. The SMILES string of the molecule is CCN(CC)c1cc(C)nc(Nc2ccc(NC(=O)Cc3ccccc3Cl)cc2)n1. The van der Waals surface area contributed by atoms with E-state index >= 15 is 0 Å². The fourth-order valence-electron chi connectivity index (χ4n) is 3.10. The zero-order valence-electron chi connectivity index (χ0n) is 17.4. The molecule has 0 radical (unpaired) electrons. The Morgan fingerprint density at radius 1 is 1.00 bits per heavy atom. The van der Waals surface area contributed by atoms with Crippen molar-refractivity contribution in [2.24, 2.45) is 0 Å². The van der Waals surface area contributed by atoms with Gasteiger partial charge in [-0.2, -0.15) is 4.98 Å². The number of carbonyl (C=O) groups is 1. The molecule has 1 amide bonds. The first-order valence-electron chi connectivity index (χ1n) is 9.99. The molecule has 0 aliphatic carbocycles.